The number of rotatable bonds is 10. The van der Waals surface area contributed by atoms with E-state index in [1.807, 2.05) is 60.7 Å². The van der Waals surface area contributed by atoms with Crippen molar-refractivity contribution in [3.8, 4) is 5.75 Å². The molecule has 178 valence electrons. The van der Waals surface area contributed by atoms with Gasteiger partial charge in [-0.1, -0.05) is 72.8 Å². The molecule has 1 atom stereocenters. The van der Waals surface area contributed by atoms with Crippen molar-refractivity contribution in [2.24, 2.45) is 0 Å². The predicted molar refractivity (Wildman–Crippen MR) is 126 cm³/mol. The molecule has 0 aliphatic heterocycles. The molecule has 0 aliphatic carbocycles. The lowest BCUT2D eigenvalue weighted by molar-refractivity contribution is -0.146. The number of amides is 1. The number of hydrogen-bond acceptors (Lipinski definition) is 7. The molecule has 3 aromatic rings. The van der Waals surface area contributed by atoms with Crippen molar-refractivity contribution in [3.05, 3.63) is 102 Å². The van der Waals surface area contributed by atoms with E-state index >= 15 is 0 Å². The molecule has 0 aliphatic rings. The molecule has 3 rings (SSSR count). The third-order valence-electron chi connectivity index (χ3n) is 4.68. The van der Waals surface area contributed by atoms with Gasteiger partial charge in [0.2, 0.25) is 0 Å². The van der Waals surface area contributed by atoms with Gasteiger partial charge >= 0.3 is 22.2 Å². The lowest BCUT2D eigenvalue weighted by atomic mass is 9.99. The third kappa shape index (κ3) is 8.25. The minimum absolute atomic E-state index is 0.0486. The van der Waals surface area contributed by atoms with Gasteiger partial charge in [0.15, 0.2) is 0 Å². The van der Waals surface area contributed by atoms with Gasteiger partial charge in [-0.05, 0) is 28.8 Å². The normalized spacial score (nSPS) is 11.8. The van der Waals surface area contributed by atoms with E-state index in [9.17, 15) is 18.0 Å². The summed E-state index contributed by atoms with van der Waals surface area (Å²) in [4.78, 5) is 25.2. The first kappa shape index (κ1) is 24.8. The van der Waals surface area contributed by atoms with Crippen molar-refractivity contribution in [2.45, 2.75) is 19.1 Å². The summed E-state index contributed by atoms with van der Waals surface area (Å²) in [7, 11) is -3.75. The molecule has 34 heavy (non-hydrogen) atoms. The van der Waals surface area contributed by atoms with Gasteiger partial charge in [0.25, 0.3) is 0 Å². The molecule has 3 aromatic carbocycles. The van der Waals surface area contributed by atoms with Crippen LogP contribution in [0, 0.1) is 0 Å². The van der Waals surface area contributed by atoms with Crippen molar-refractivity contribution >= 4 is 22.2 Å². The van der Waals surface area contributed by atoms with Crippen molar-refractivity contribution in [2.75, 3.05) is 12.8 Å². The van der Waals surface area contributed by atoms with Crippen LogP contribution in [0.15, 0.2) is 84.9 Å². The monoisotopic (exact) mass is 483 g/mol. The first-order chi connectivity index (χ1) is 16.3. The zero-order valence-corrected chi connectivity index (χ0v) is 19.4. The van der Waals surface area contributed by atoms with Crippen molar-refractivity contribution in [1.29, 1.82) is 0 Å². The highest BCUT2D eigenvalue weighted by atomic mass is 32.2. The van der Waals surface area contributed by atoms with E-state index in [1.165, 1.54) is 12.1 Å². The minimum atomic E-state index is -3.75. The molecule has 1 N–H and O–H groups in total. The number of alkyl carbamates (subject to hydrolysis) is 1. The van der Waals surface area contributed by atoms with E-state index in [0.717, 1.165) is 17.4 Å². The maximum atomic E-state index is 12.9. The lowest BCUT2D eigenvalue weighted by Crippen LogP contribution is -2.33. The predicted octanol–water partition coefficient (Wildman–Crippen LogP) is 3.78. The Hall–Kier alpha value is -3.85. The smallest absolute Gasteiger partial charge is 0.407 e. The molecule has 1 unspecified atom stereocenters. The van der Waals surface area contributed by atoms with Gasteiger partial charge in [0.1, 0.15) is 19.0 Å². The highest BCUT2D eigenvalue weighted by Crippen LogP contribution is 2.23. The Kier molecular flexibility index (Phi) is 8.64. The second-order valence-electron chi connectivity index (χ2n) is 7.45. The first-order valence-corrected chi connectivity index (χ1v) is 12.3. The average Bonchev–Trinajstić information content (AvgIpc) is 2.82. The first-order valence-electron chi connectivity index (χ1n) is 10.4. The Morgan fingerprint density at radius 1 is 0.824 bits per heavy atom. The molecule has 0 spiro atoms. The van der Waals surface area contributed by atoms with E-state index in [-0.39, 0.29) is 25.5 Å². The average molecular weight is 484 g/mol. The molecular weight excluding hydrogens is 458 g/mol. The van der Waals surface area contributed by atoms with Gasteiger partial charge < -0.3 is 19.0 Å². The molecule has 0 aromatic heterocycles. The van der Waals surface area contributed by atoms with Crippen LogP contribution in [0.2, 0.25) is 0 Å². The van der Waals surface area contributed by atoms with Crippen LogP contribution in [0.4, 0.5) is 4.79 Å². The second-order valence-corrected chi connectivity index (χ2v) is 9.02. The number of benzene rings is 3. The fourth-order valence-electron chi connectivity index (χ4n) is 3.08. The Labute approximate surface area is 198 Å². The third-order valence-corrected chi connectivity index (χ3v) is 5.17. The lowest BCUT2D eigenvalue weighted by Gasteiger charge is -2.18. The van der Waals surface area contributed by atoms with Crippen LogP contribution in [0.3, 0.4) is 0 Å². The van der Waals surface area contributed by atoms with Crippen LogP contribution in [0.25, 0.3) is 0 Å². The summed E-state index contributed by atoms with van der Waals surface area (Å²) in [5, 5.41) is 2.58. The maximum absolute atomic E-state index is 12.9. The number of esters is 1. The van der Waals surface area contributed by atoms with Crippen molar-refractivity contribution in [1.82, 2.24) is 5.32 Å². The van der Waals surface area contributed by atoms with Crippen LogP contribution in [0.5, 0.6) is 5.75 Å². The molecular formula is C25H25NO7S. The topological polar surface area (TPSA) is 108 Å². The summed E-state index contributed by atoms with van der Waals surface area (Å²) in [5.74, 6) is -1.47. The fraction of sp³-hybridized carbons (Fsp3) is 0.200. The van der Waals surface area contributed by atoms with Crippen LogP contribution < -0.4 is 9.50 Å². The Bertz CT molecular complexity index is 1200. The van der Waals surface area contributed by atoms with Crippen LogP contribution in [-0.4, -0.2) is 33.3 Å². The quantitative estimate of drug-likeness (QED) is 0.345. The van der Waals surface area contributed by atoms with E-state index in [2.05, 4.69) is 5.32 Å². The number of carbonyl (C=O) groups is 2. The number of nitrogens with one attached hydrogen (secondary N) is 1. The zero-order valence-electron chi connectivity index (χ0n) is 18.5. The van der Waals surface area contributed by atoms with E-state index in [1.54, 1.807) is 12.1 Å². The highest BCUT2D eigenvalue weighted by Gasteiger charge is 2.24. The van der Waals surface area contributed by atoms with Gasteiger partial charge in [-0.15, -0.1) is 0 Å². The molecule has 9 heteroatoms. The van der Waals surface area contributed by atoms with Gasteiger partial charge in [-0.2, -0.15) is 8.42 Å². The van der Waals surface area contributed by atoms with Crippen molar-refractivity contribution in [3.63, 3.8) is 0 Å². The van der Waals surface area contributed by atoms with Gasteiger partial charge in [-0.25, -0.2) is 4.79 Å². The van der Waals surface area contributed by atoms with Crippen molar-refractivity contribution < 1.29 is 31.7 Å². The summed E-state index contributed by atoms with van der Waals surface area (Å²) in [6.45, 7) is 0.00517. The number of hydrogen-bond donors (Lipinski definition) is 1. The fourth-order valence-corrected chi connectivity index (χ4v) is 3.54. The molecule has 0 bridgehead atoms. The summed E-state index contributed by atoms with van der Waals surface area (Å²) in [6, 6.07) is 24.4. The molecule has 0 heterocycles. The Balaban J connectivity index is 1.70. The van der Waals surface area contributed by atoms with E-state index in [4.69, 9.17) is 13.7 Å². The SMILES string of the molecule is CS(=O)(=O)Oc1cccc(C(CNC(=O)OCc2ccccc2)C(=O)OCc2ccccc2)c1. The molecule has 0 fully saturated rings. The standard InChI is InChI=1S/C25H25NO7S/c1-34(29,30)33-22-14-8-13-21(15-22)23(24(27)31-17-19-9-4-2-5-10-19)16-26-25(28)32-18-20-11-6-3-7-12-20/h2-15,23H,16-18H2,1H3,(H,26,28). The number of ether oxygens (including phenoxy) is 2. The molecule has 0 saturated carbocycles. The molecule has 0 radical (unpaired) electrons. The Morgan fingerprint density at radius 3 is 2.00 bits per heavy atom. The summed E-state index contributed by atoms with van der Waals surface area (Å²) in [5.41, 5.74) is 2.05. The van der Waals surface area contributed by atoms with E-state index in [0.29, 0.717) is 5.56 Å². The number of carbonyl (C=O) groups excluding carboxylic acids is 2. The summed E-state index contributed by atoms with van der Waals surface area (Å²) < 4.78 is 38.6. The summed E-state index contributed by atoms with van der Waals surface area (Å²) >= 11 is 0. The van der Waals surface area contributed by atoms with Crippen LogP contribution >= 0.6 is 0 Å². The molecule has 8 nitrogen and oxygen atoms in total. The van der Waals surface area contributed by atoms with Gasteiger partial charge in [0, 0.05) is 6.54 Å². The minimum Gasteiger partial charge on any atom is -0.460 e. The van der Waals surface area contributed by atoms with Crippen LogP contribution in [-0.2, 0) is 37.6 Å². The second kappa shape index (κ2) is 11.9. The van der Waals surface area contributed by atoms with Crippen LogP contribution in [0.1, 0.15) is 22.6 Å². The maximum Gasteiger partial charge on any atom is 0.407 e. The summed E-state index contributed by atoms with van der Waals surface area (Å²) in [6.07, 6.45) is 0.225. The van der Waals surface area contributed by atoms with Gasteiger partial charge in [0.05, 0.1) is 12.2 Å². The zero-order chi connectivity index (χ0) is 24.4. The van der Waals surface area contributed by atoms with Gasteiger partial charge in [-0.3, -0.25) is 4.79 Å². The molecule has 0 saturated heterocycles. The molecule has 1 amide bonds. The van der Waals surface area contributed by atoms with E-state index < -0.39 is 28.1 Å². The largest absolute Gasteiger partial charge is 0.460 e. The Morgan fingerprint density at radius 2 is 1.41 bits per heavy atom. The highest BCUT2D eigenvalue weighted by molar-refractivity contribution is 7.86.